The first-order valence-corrected chi connectivity index (χ1v) is 9.94. The van der Waals surface area contributed by atoms with Gasteiger partial charge in [0.1, 0.15) is 5.82 Å². The van der Waals surface area contributed by atoms with Crippen LogP contribution in [0.4, 0.5) is 0 Å². The molecule has 0 radical (unpaired) electrons. The number of halogens is 2. The molecule has 1 saturated heterocycles. The van der Waals surface area contributed by atoms with Crippen LogP contribution in [-0.4, -0.2) is 28.5 Å². The van der Waals surface area contributed by atoms with Crippen molar-refractivity contribution in [1.29, 1.82) is 0 Å². The number of amides is 1. The predicted octanol–water partition coefficient (Wildman–Crippen LogP) is 4.66. The Bertz CT molecular complexity index is 756. The Morgan fingerprint density at radius 3 is 2.61 bits per heavy atom. The third-order valence-electron chi connectivity index (χ3n) is 5.55. The maximum absolute atomic E-state index is 12.6. The SMILES string of the molecule is CC(NC(=O)CC(C)C1CCCNC1)c1nc2ccccc2n1C(C)C.Cl.Cl. The first-order chi connectivity index (χ1) is 12.5. The molecule has 0 spiro atoms. The van der Waals surface area contributed by atoms with Crippen molar-refractivity contribution in [3.63, 3.8) is 0 Å². The van der Waals surface area contributed by atoms with Gasteiger partial charge >= 0.3 is 0 Å². The second-order valence-corrected chi connectivity index (χ2v) is 8.00. The molecule has 3 unspecified atom stereocenters. The van der Waals surface area contributed by atoms with Crippen molar-refractivity contribution in [2.45, 2.75) is 59.0 Å². The van der Waals surface area contributed by atoms with Gasteiger partial charge in [-0.1, -0.05) is 19.1 Å². The molecule has 1 aromatic heterocycles. The third-order valence-corrected chi connectivity index (χ3v) is 5.55. The van der Waals surface area contributed by atoms with Crippen molar-refractivity contribution >= 4 is 41.8 Å². The molecule has 0 saturated carbocycles. The highest BCUT2D eigenvalue weighted by Crippen LogP contribution is 2.26. The lowest BCUT2D eigenvalue weighted by molar-refractivity contribution is -0.123. The van der Waals surface area contributed by atoms with E-state index in [2.05, 4.69) is 42.0 Å². The molecule has 5 nitrogen and oxygen atoms in total. The van der Waals surface area contributed by atoms with Gasteiger partial charge in [0.25, 0.3) is 0 Å². The van der Waals surface area contributed by atoms with Gasteiger partial charge in [-0.3, -0.25) is 4.79 Å². The van der Waals surface area contributed by atoms with E-state index in [1.165, 1.54) is 12.8 Å². The highest BCUT2D eigenvalue weighted by Gasteiger charge is 2.24. The number of rotatable bonds is 6. The molecule has 28 heavy (non-hydrogen) atoms. The fourth-order valence-electron chi connectivity index (χ4n) is 4.10. The molecule has 1 aromatic carbocycles. The lowest BCUT2D eigenvalue weighted by Crippen LogP contribution is -2.36. The van der Waals surface area contributed by atoms with Gasteiger partial charge in [0.2, 0.25) is 5.91 Å². The zero-order valence-electron chi connectivity index (χ0n) is 17.3. The first-order valence-electron chi connectivity index (χ1n) is 9.94. The van der Waals surface area contributed by atoms with Gasteiger partial charge < -0.3 is 15.2 Å². The molecule has 1 aliphatic rings. The number of hydrogen-bond donors (Lipinski definition) is 2. The number of hydrogen-bond acceptors (Lipinski definition) is 3. The predicted molar refractivity (Wildman–Crippen MR) is 121 cm³/mol. The molecular weight excluding hydrogens is 395 g/mol. The molecule has 2 aromatic rings. The number of benzene rings is 1. The van der Waals surface area contributed by atoms with Gasteiger partial charge in [-0.15, -0.1) is 24.8 Å². The van der Waals surface area contributed by atoms with Crippen LogP contribution in [0.1, 0.15) is 64.9 Å². The number of para-hydroxylation sites is 2. The lowest BCUT2D eigenvalue weighted by atomic mass is 9.85. The summed E-state index contributed by atoms with van der Waals surface area (Å²) in [7, 11) is 0. The van der Waals surface area contributed by atoms with Crippen LogP contribution in [0.25, 0.3) is 11.0 Å². The molecular formula is C21H34Cl2N4O. The Hall–Kier alpha value is -1.30. The molecule has 0 bridgehead atoms. The summed E-state index contributed by atoms with van der Waals surface area (Å²) in [5, 5.41) is 6.63. The maximum Gasteiger partial charge on any atom is 0.220 e. The van der Waals surface area contributed by atoms with Crippen LogP contribution in [0.15, 0.2) is 24.3 Å². The topological polar surface area (TPSA) is 59.0 Å². The first kappa shape index (κ1) is 24.7. The number of piperidine rings is 1. The normalized spacial score (nSPS) is 18.8. The van der Waals surface area contributed by atoms with E-state index in [1.807, 2.05) is 25.1 Å². The zero-order valence-corrected chi connectivity index (χ0v) is 18.9. The van der Waals surface area contributed by atoms with E-state index < -0.39 is 0 Å². The van der Waals surface area contributed by atoms with E-state index in [-0.39, 0.29) is 36.8 Å². The van der Waals surface area contributed by atoms with Crippen LogP contribution in [0.5, 0.6) is 0 Å². The van der Waals surface area contributed by atoms with Gasteiger partial charge in [-0.05, 0) is 70.7 Å². The van der Waals surface area contributed by atoms with E-state index in [1.54, 1.807) is 0 Å². The van der Waals surface area contributed by atoms with Gasteiger partial charge in [0, 0.05) is 12.5 Å². The van der Waals surface area contributed by atoms with Crippen LogP contribution >= 0.6 is 24.8 Å². The minimum atomic E-state index is -0.103. The van der Waals surface area contributed by atoms with E-state index >= 15 is 0 Å². The Labute approximate surface area is 180 Å². The number of nitrogens with one attached hydrogen (secondary N) is 2. The lowest BCUT2D eigenvalue weighted by Gasteiger charge is -2.28. The summed E-state index contributed by atoms with van der Waals surface area (Å²) in [6.07, 6.45) is 3.02. The third kappa shape index (κ3) is 5.62. The van der Waals surface area contributed by atoms with Crippen molar-refractivity contribution in [2.24, 2.45) is 11.8 Å². The maximum atomic E-state index is 12.6. The summed E-state index contributed by atoms with van der Waals surface area (Å²) >= 11 is 0. The van der Waals surface area contributed by atoms with E-state index in [4.69, 9.17) is 4.98 Å². The largest absolute Gasteiger partial charge is 0.346 e. The minimum absolute atomic E-state index is 0. The van der Waals surface area contributed by atoms with Crippen molar-refractivity contribution in [2.75, 3.05) is 13.1 Å². The molecule has 2 heterocycles. The molecule has 158 valence electrons. The summed E-state index contributed by atoms with van der Waals surface area (Å²) in [6, 6.07) is 8.36. The van der Waals surface area contributed by atoms with Crippen LogP contribution in [0.3, 0.4) is 0 Å². The number of carbonyl (C=O) groups is 1. The molecule has 1 aliphatic heterocycles. The molecule has 0 aliphatic carbocycles. The quantitative estimate of drug-likeness (QED) is 0.702. The standard InChI is InChI=1S/C21H32N4O.2ClH/c1-14(2)25-19-10-6-5-9-18(19)24-21(25)16(4)23-20(26)12-15(3)17-8-7-11-22-13-17;;/h5-6,9-10,14-17,22H,7-8,11-13H2,1-4H3,(H,23,26);2*1H. The number of imidazole rings is 1. The monoisotopic (exact) mass is 428 g/mol. The van der Waals surface area contributed by atoms with Crippen LogP contribution in [0, 0.1) is 11.8 Å². The average molecular weight is 429 g/mol. The van der Waals surface area contributed by atoms with Gasteiger partial charge in [0.05, 0.1) is 17.1 Å². The second-order valence-electron chi connectivity index (χ2n) is 8.00. The molecule has 1 fully saturated rings. The Balaban J connectivity index is 0.00000196. The van der Waals surface area contributed by atoms with Gasteiger partial charge in [0.15, 0.2) is 0 Å². The van der Waals surface area contributed by atoms with E-state index in [0.717, 1.165) is 29.9 Å². The van der Waals surface area contributed by atoms with Gasteiger partial charge in [-0.2, -0.15) is 0 Å². The Morgan fingerprint density at radius 1 is 1.25 bits per heavy atom. The highest BCUT2D eigenvalue weighted by molar-refractivity contribution is 5.85. The van der Waals surface area contributed by atoms with Crippen molar-refractivity contribution in [1.82, 2.24) is 20.2 Å². The summed E-state index contributed by atoms with van der Waals surface area (Å²) in [4.78, 5) is 17.4. The summed E-state index contributed by atoms with van der Waals surface area (Å²) in [5.41, 5.74) is 2.11. The van der Waals surface area contributed by atoms with Crippen LogP contribution in [-0.2, 0) is 4.79 Å². The average Bonchev–Trinajstić information content (AvgIpc) is 3.02. The number of fused-ring (bicyclic) bond motifs is 1. The van der Waals surface area contributed by atoms with Crippen LogP contribution in [0.2, 0.25) is 0 Å². The second kappa shape index (κ2) is 11.0. The highest BCUT2D eigenvalue weighted by atomic mass is 35.5. The number of carbonyl (C=O) groups excluding carboxylic acids is 1. The Kier molecular flexibility index (Phi) is 9.75. The summed E-state index contributed by atoms with van der Waals surface area (Å²) in [6.45, 7) is 10.7. The molecule has 7 heteroatoms. The minimum Gasteiger partial charge on any atom is -0.346 e. The Morgan fingerprint density at radius 2 is 1.96 bits per heavy atom. The molecule has 3 atom stereocenters. The van der Waals surface area contributed by atoms with Crippen molar-refractivity contribution in [3.05, 3.63) is 30.1 Å². The van der Waals surface area contributed by atoms with Crippen molar-refractivity contribution < 1.29 is 4.79 Å². The van der Waals surface area contributed by atoms with E-state index in [0.29, 0.717) is 24.3 Å². The smallest absolute Gasteiger partial charge is 0.220 e. The number of nitrogens with zero attached hydrogens (tertiary/aromatic N) is 2. The number of aromatic nitrogens is 2. The zero-order chi connectivity index (χ0) is 18.7. The molecule has 2 N–H and O–H groups in total. The fourth-order valence-corrected chi connectivity index (χ4v) is 4.10. The molecule has 3 rings (SSSR count). The van der Waals surface area contributed by atoms with Crippen LogP contribution < -0.4 is 10.6 Å². The summed E-state index contributed by atoms with van der Waals surface area (Å²) < 4.78 is 2.23. The van der Waals surface area contributed by atoms with E-state index in [9.17, 15) is 4.79 Å². The van der Waals surface area contributed by atoms with Gasteiger partial charge in [-0.25, -0.2) is 4.98 Å². The summed E-state index contributed by atoms with van der Waals surface area (Å²) in [5.74, 6) is 2.06. The molecule has 1 amide bonds. The fraction of sp³-hybridized carbons (Fsp3) is 0.619. The van der Waals surface area contributed by atoms with Crippen molar-refractivity contribution in [3.8, 4) is 0 Å².